The van der Waals surface area contributed by atoms with Gasteiger partial charge in [0.2, 0.25) is 0 Å². The summed E-state index contributed by atoms with van der Waals surface area (Å²) in [6.45, 7) is 0. The van der Waals surface area contributed by atoms with Crippen molar-refractivity contribution < 1.29 is 9.32 Å². The van der Waals surface area contributed by atoms with Crippen molar-refractivity contribution in [3.05, 3.63) is 30.0 Å². The van der Waals surface area contributed by atoms with Crippen LogP contribution in [0, 0.1) is 0 Å². The molecule has 2 aromatic rings. The number of halogens is 1. The summed E-state index contributed by atoms with van der Waals surface area (Å²) >= 11 is 3.38. The lowest BCUT2D eigenvalue weighted by Gasteiger charge is -1.97. The van der Waals surface area contributed by atoms with Crippen LogP contribution >= 0.6 is 15.9 Å². The number of para-hydroxylation sites is 1. The number of fused-ring (bicyclic) bond motifs is 1. The molecule has 17 heavy (non-hydrogen) atoms. The van der Waals surface area contributed by atoms with E-state index in [0.717, 1.165) is 30.0 Å². The number of hydrogen-bond acceptors (Lipinski definition) is 3. The number of nitrogens with zero attached hydrogens (tertiary/aromatic N) is 1. The first-order valence-electron chi connectivity index (χ1n) is 5.76. The molecule has 1 aromatic carbocycles. The highest BCUT2D eigenvalue weighted by atomic mass is 79.9. The summed E-state index contributed by atoms with van der Waals surface area (Å²) in [7, 11) is 0. The molecule has 90 valence electrons. The standard InChI is InChI=1S/C13H14BrNO2/c14-9-5-1-2-7-11(16)13-10-6-3-4-8-12(10)17-15-13/h3-4,6,8H,1-2,5,7,9H2. The maximum Gasteiger partial charge on any atom is 0.185 e. The Morgan fingerprint density at radius 3 is 2.88 bits per heavy atom. The van der Waals surface area contributed by atoms with E-state index in [4.69, 9.17) is 4.52 Å². The Kier molecular flexibility index (Phi) is 4.31. The number of alkyl halides is 1. The Bertz CT molecular complexity index is 507. The molecule has 1 heterocycles. The van der Waals surface area contributed by atoms with Gasteiger partial charge in [-0.3, -0.25) is 4.79 Å². The molecule has 0 aliphatic rings. The number of unbranched alkanes of at least 4 members (excludes halogenated alkanes) is 2. The minimum absolute atomic E-state index is 0.0736. The van der Waals surface area contributed by atoms with Gasteiger partial charge in [0.1, 0.15) is 0 Å². The van der Waals surface area contributed by atoms with Gasteiger partial charge in [-0.25, -0.2) is 0 Å². The van der Waals surface area contributed by atoms with Crippen LogP contribution in [-0.2, 0) is 0 Å². The number of ketones is 1. The second-order valence-electron chi connectivity index (χ2n) is 3.95. The van der Waals surface area contributed by atoms with E-state index in [9.17, 15) is 4.79 Å². The van der Waals surface area contributed by atoms with Crippen molar-refractivity contribution in [3.8, 4) is 0 Å². The predicted octanol–water partition coefficient (Wildman–Crippen LogP) is 3.97. The molecule has 0 radical (unpaired) electrons. The van der Waals surface area contributed by atoms with Crippen molar-refractivity contribution in [1.29, 1.82) is 0 Å². The molecule has 2 rings (SSSR count). The Labute approximate surface area is 108 Å². The second kappa shape index (κ2) is 5.96. The number of carbonyl (C=O) groups excluding carboxylic acids is 1. The van der Waals surface area contributed by atoms with Crippen LogP contribution in [0.5, 0.6) is 0 Å². The third kappa shape index (κ3) is 2.94. The molecule has 0 aliphatic heterocycles. The molecule has 1 aromatic heterocycles. The lowest BCUT2D eigenvalue weighted by molar-refractivity contribution is 0.0972. The average Bonchev–Trinajstić information content (AvgIpc) is 2.78. The first-order chi connectivity index (χ1) is 8.33. The zero-order valence-corrected chi connectivity index (χ0v) is 11.1. The van der Waals surface area contributed by atoms with Crippen molar-refractivity contribution in [2.24, 2.45) is 0 Å². The Morgan fingerprint density at radius 1 is 1.24 bits per heavy atom. The summed E-state index contributed by atoms with van der Waals surface area (Å²) < 4.78 is 5.12. The number of hydrogen-bond donors (Lipinski definition) is 0. The minimum Gasteiger partial charge on any atom is -0.356 e. The molecule has 0 saturated carbocycles. The fourth-order valence-electron chi connectivity index (χ4n) is 1.76. The number of rotatable bonds is 6. The molecule has 0 bridgehead atoms. The van der Waals surface area contributed by atoms with E-state index in [-0.39, 0.29) is 5.78 Å². The van der Waals surface area contributed by atoms with Crippen molar-refractivity contribution in [2.75, 3.05) is 5.33 Å². The van der Waals surface area contributed by atoms with Gasteiger partial charge in [0.15, 0.2) is 17.1 Å². The summed E-state index contributed by atoms with van der Waals surface area (Å²) in [5.41, 5.74) is 1.15. The zero-order chi connectivity index (χ0) is 12.1. The molecule has 0 spiro atoms. The summed E-state index contributed by atoms with van der Waals surface area (Å²) in [5, 5.41) is 5.67. The van der Waals surface area contributed by atoms with Gasteiger partial charge in [-0.1, -0.05) is 39.6 Å². The smallest absolute Gasteiger partial charge is 0.185 e. The van der Waals surface area contributed by atoms with Gasteiger partial charge in [-0.2, -0.15) is 0 Å². The van der Waals surface area contributed by atoms with Crippen molar-refractivity contribution in [1.82, 2.24) is 5.16 Å². The highest BCUT2D eigenvalue weighted by molar-refractivity contribution is 9.09. The van der Waals surface area contributed by atoms with Crippen LogP contribution in [0.4, 0.5) is 0 Å². The normalized spacial score (nSPS) is 10.9. The van der Waals surface area contributed by atoms with Gasteiger partial charge in [0, 0.05) is 11.8 Å². The molecule has 0 saturated heterocycles. The quantitative estimate of drug-likeness (QED) is 0.460. The zero-order valence-electron chi connectivity index (χ0n) is 9.49. The third-order valence-corrected chi connectivity index (χ3v) is 3.24. The average molecular weight is 296 g/mol. The fourth-order valence-corrected chi connectivity index (χ4v) is 2.16. The molecule has 3 nitrogen and oxygen atoms in total. The molecular formula is C13H14BrNO2. The number of carbonyl (C=O) groups is 1. The number of benzene rings is 1. The highest BCUT2D eigenvalue weighted by Crippen LogP contribution is 2.19. The van der Waals surface area contributed by atoms with E-state index in [0.29, 0.717) is 17.7 Å². The van der Waals surface area contributed by atoms with Gasteiger partial charge in [0.05, 0.1) is 5.39 Å². The van der Waals surface area contributed by atoms with Crippen LogP contribution in [0.1, 0.15) is 36.2 Å². The summed E-state index contributed by atoms with van der Waals surface area (Å²) in [5.74, 6) is 0.0736. The van der Waals surface area contributed by atoms with Crippen molar-refractivity contribution >= 4 is 32.7 Å². The molecule has 0 atom stereocenters. The van der Waals surface area contributed by atoms with Crippen molar-refractivity contribution in [2.45, 2.75) is 25.7 Å². The lowest BCUT2D eigenvalue weighted by atomic mass is 10.1. The molecule has 4 heteroatoms. The molecular weight excluding hydrogens is 282 g/mol. The minimum atomic E-state index is 0.0736. The Hall–Kier alpha value is -1.16. The molecule has 0 N–H and O–H groups in total. The first kappa shape index (κ1) is 12.3. The summed E-state index contributed by atoms with van der Waals surface area (Å²) in [6, 6.07) is 7.46. The molecule has 0 fully saturated rings. The molecule has 0 unspecified atom stereocenters. The Balaban J connectivity index is 2.04. The molecule has 0 aliphatic carbocycles. The van der Waals surface area contributed by atoms with Crippen LogP contribution in [-0.4, -0.2) is 16.3 Å². The van der Waals surface area contributed by atoms with Gasteiger partial charge in [0.25, 0.3) is 0 Å². The predicted molar refractivity (Wildman–Crippen MR) is 70.6 cm³/mol. The van der Waals surface area contributed by atoms with Crippen LogP contribution in [0.3, 0.4) is 0 Å². The molecule has 0 amide bonds. The van der Waals surface area contributed by atoms with Gasteiger partial charge in [-0.15, -0.1) is 0 Å². The largest absolute Gasteiger partial charge is 0.356 e. The topological polar surface area (TPSA) is 43.1 Å². The lowest BCUT2D eigenvalue weighted by Crippen LogP contribution is -1.99. The van der Waals surface area contributed by atoms with Crippen LogP contribution in [0.2, 0.25) is 0 Å². The van der Waals surface area contributed by atoms with Crippen LogP contribution in [0.25, 0.3) is 11.0 Å². The Morgan fingerprint density at radius 2 is 2.06 bits per heavy atom. The van der Waals surface area contributed by atoms with Crippen LogP contribution in [0.15, 0.2) is 28.8 Å². The van der Waals surface area contributed by atoms with E-state index in [2.05, 4.69) is 21.1 Å². The SMILES string of the molecule is O=C(CCCCCBr)c1noc2ccccc12. The number of aromatic nitrogens is 1. The highest BCUT2D eigenvalue weighted by Gasteiger charge is 2.14. The van der Waals surface area contributed by atoms with Gasteiger partial charge < -0.3 is 4.52 Å². The third-order valence-electron chi connectivity index (χ3n) is 2.68. The van der Waals surface area contributed by atoms with E-state index in [1.807, 2.05) is 24.3 Å². The monoisotopic (exact) mass is 295 g/mol. The van der Waals surface area contributed by atoms with E-state index < -0.39 is 0 Å². The van der Waals surface area contributed by atoms with Crippen molar-refractivity contribution in [3.63, 3.8) is 0 Å². The summed E-state index contributed by atoms with van der Waals surface area (Å²) in [6.07, 6.45) is 3.62. The van der Waals surface area contributed by atoms with Gasteiger partial charge in [-0.05, 0) is 25.0 Å². The number of Topliss-reactive ketones (excluding diaryl/α,β-unsaturated/α-hetero) is 1. The second-order valence-corrected chi connectivity index (χ2v) is 4.74. The maximum atomic E-state index is 11.9. The fraction of sp³-hybridized carbons (Fsp3) is 0.385. The van der Waals surface area contributed by atoms with Gasteiger partial charge >= 0.3 is 0 Å². The maximum absolute atomic E-state index is 11.9. The van der Waals surface area contributed by atoms with E-state index in [1.54, 1.807) is 0 Å². The van der Waals surface area contributed by atoms with E-state index >= 15 is 0 Å². The van der Waals surface area contributed by atoms with Crippen LogP contribution < -0.4 is 0 Å². The first-order valence-corrected chi connectivity index (χ1v) is 6.88. The summed E-state index contributed by atoms with van der Waals surface area (Å²) in [4.78, 5) is 11.9. The van der Waals surface area contributed by atoms with E-state index in [1.165, 1.54) is 0 Å².